The van der Waals surface area contributed by atoms with Crippen molar-refractivity contribution in [3.8, 4) is 0 Å². The number of ether oxygens (including phenoxy) is 1. The van der Waals surface area contributed by atoms with Crippen LogP contribution in [-0.2, 0) is 9.53 Å². The molecule has 21 heavy (non-hydrogen) atoms. The molecule has 3 nitrogen and oxygen atoms in total. The zero-order chi connectivity index (χ0) is 15.4. The lowest BCUT2D eigenvalue weighted by Gasteiger charge is -2.18. The van der Waals surface area contributed by atoms with Crippen molar-refractivity contribution in [2.45, 2.75) is 13.0 Å². The van der Waals surface area contributed by atoms with Gasteiger partial charge in [0.15, 0.2) is 6.04 Å². The van der Waals surface area contributed by atoms with Gasteiger partial charge in [-0.25, -0.2) is 9.18 Å². The van der Waals surface area contributed by atoms with Gasteiger partial charge in [-0.05, 0) is 42.3 Å². The van der Waals surface area contributed by atoms with Crippen molar-refractivity contribution < 1.29 is 13.9 Å². The number of carbonyl (C=O) groups is 1. The van der Waals surface area contributed by atoms with Crippen LogP contribution >= 0.6 is 11.6 Å². The Morgan fingerprint density at radius 1 is 1.29 bits per heavy atom. The first-order valence-electron chi connectivity index (χ1n) is 6.37. The molecule has 1 N–H and O–H groups in total. The molecule has 0 spiro atoms. The molecule has 0 aliphatic carbocycles. The molecule has 0 heterocycles. The van der Waals surface area contributed by atoms with E-state index in [1.165, 1.54) is 25.3 Å². The maximum atomic E-state index is 13.3. The summed E-state index contributed by atoms with van der Waals surface area (Å²) in [6.07, 6.45) is 0. The first-order chi connectivity index (χ1) is 10.0. The molecule has 0 radical (unpaired) electrons. The smallest absolute Gasteiger partial charge is 0.332 e. The Hall–Kier alpha value is -2.07. The number of anilines is 1. The summed E-state index contributed by atoms with van der Waals surface area (Å²) in [4.78, 5) is 12.0. The Labute approximate surface area is 127 Å². The minimum atomic E-state index is -0.755. The zero-order valence-corrected chi connectivity index (χ0v) is 12.4. The van der Waals surface area contributed by atoms with Crippen molar-refractivity contribution in [1.82, 2.24) is 0 Å². The summed E-state index contributed by atoms with van der Waals surface area (Å²) in [7, 11) is 1.30. The largest absolute Gasteiger partial charge is 0.467 e. The Morgan fingerprint density at radius 2 is 2.05 bits per heavy atom. The first-order valence-corrected chi connectivity index (χ1v) is 6.75. The van der Waals surface area contributed by atoms with E-state index >= 15 is 0 Å². The van der Waals surface area contributed by atoms with Crippen molar-refractivity contribution in [2.24, 2.45) is 0 Å². The number of carbonyl (C=O) groups excluding carboxylic acids is 1. The van der Waals surface area contributed by atoms with E-state index in [1.807, 2.05) is 31.2 Å². The first kappa shape index (κ1) is 15.3. The SMILES string of the molecule is COC(=O)C(Nc1cccc(C)c1)c1ccc(F)c(Cl)c1. The van der Waals surface area contributed by atoms with Gasteiger partial charge in [-0.2, -0.15) is 0 Å². The van der Waals surface area contributed by atoms with Gasteiger partial charge in [0, 0.05) is 5.69 Å². The number of aryl methyl sites for hydroxylation is 1. The van der Waals surface area contributed by atoms with E-state index in [1.54, 1.807) is 0 Å². The fourth-order valence-corrected chi connectivity index (χ4v) is 2.18. The van der Waals surface area contributed by atoms with Crippen molar-refractivity contribution in [3.63, 3.8) is 0 Å². The molecule has 110 valence electrons. The summed E-state index contributed by atoms with van der Waals surface area (Å²) in [5.74, 6) is -1.00. The van der Waals surface area contributed by atoms with Crippen molar-refractivity contribution in [3.05, 3.63) is 64.4 Å². The molecule has 0 aliphatic rings. The van der Waals surface area contributed by atoms with E-state index in [4.69, 9.17) is 16.3 Å². The second kappa shape index (κ2) is 6.59. The zero-order valence-electron chi connectivity index (χ0n) is 11.7. The monoisotopic (exact) mass is 307 g/mol. The molecular weight excluding hydrogens is 293 g/mol. The lowest BCUT2D eigenvalue weighted by molar-refractivity contribution is -0.141. The third kappa shape index (κ3) is 3.73. The minimum absolute atomic E-state index is 0.0348. The van der Waals surface area contributed by atoms with Crippen LogP contribution < -0.4 is 5.32 Å². The van der Waals surface area contributed by atoms with Gasteiger partial charge in [0.05, 0.1) is 12.1 Å². The number of esters is 1. The molecule has 2 aromatic carbocycles. The van der Waals surface area contributed by atoms with Crippen LogP contribution in [0, 0.1) is 12.7 Å². The second-order valence-corrected chi connectivity index (χ2v) is 5.05. The summed E-state index contributed by atoms with van der Waals surface area (Å²) >= 11 is 5.78. The van der Waals surface area contributed by atoms with Crippen LogP contribution in [-0.4, -0.2) is 13.1 Å². The summed E-state index contributed by atoms with van der Waals surface area (Å²) in [6, 6.07) is 11.0. The molecular formula is C16H15ClFNO2. The van der Waals surface area contributed by atoms with Crippen molar-refractivity contribution >= 4 is 23.3 Å². The molecule has 2 aromatic rings. The Morgan fingerprint density at radius 3 is 2.67 bits per heavy atom. The maximum Gasteiger partial charge on any atom is 0.332 e. The molecule has 0 aromatic heterocycles. The topological polar surface area (TPSA) is 38.3 Å². The molecule has 0 amide bonds. The Balaban J connectivity index is 2.34. The Kier molecular flexibility index (Phi) is 4.81. The molecule has 1 unspecified atom stereocenters. The van der Waals surface area contributed by atoms with E-state index in [0.29, 0.717) is 5.56 Å². The molecule has 1 atom stereocenters. The highest BCUT2D eigenvalue weighted by Crippen LogP contribution is 2.25. The highest BCUT2D eigenvalue weighted by Gasteiger charge is 2.22. The van der Waals surface area contributed by atoms with Crippen LogP contribution in [0.4, 0.5) is 10.1 Å². The average molecular weight is 308 g/mol. The minimum Gasteiger partial charge on any atom is -0.467 e. The second-order valence-electron chi connectivity index (χ2n) is 4.64. The molecule has 0 saturated heterocycles. The Bertz CT molecular complexity index is 660. The molecule has 0 bridgehead atoms. The summed E-state index contributed by atoms with van der Waals surface area (Å²) in [5.41, 5.74) is 2.36. The number of nitrogens with one attached hydrogen (secondary N) is 1. The third-order valence-electron chi connectivity index (χ3n) is 3.04. The van der Waals surface area contributed by atoms with Crippen LogP contribution in [0.2, 0.25) is 5.02 Å². The standard InChI is InChI=1S/C16H15ClFNO2/c1-10-4-3-5-12(8-10)19-15(16(20)21-2)11-6-7-14(18)13(17)9-11/h3-9,15,19H,1-2H3. The van der Waals surface area contributed by atoms with Gasteiger partial charge in [0.1, 0.15) is 5.82 Å². The highest BCUT2D eigenvalue weighted by atomic mass is 35.5. The highest BCUT2D eigenvalue weighted by molar-refractivity contribution is 6.30. The van der Waals surface area contributed by atoms with Crippen LogP contribution in [0.25, 0.3) is 0 Å². The van der Waals surface area contributed by atoms with Crippen LogP contribution in [0.1, 0.15) is 17.2 Å². The predicted molar refractivity (Wildman–Crippen MR) is 81.0 cm³/mol. The van der Waals surface area contributed by atoms with E-state index in [2.05, 4.69) is 5.32 Å². The number of hydrogen-bond donors (Lipinski definition) is 1. The molecule has 0 fully saturated rings. The molecule has 5 heteroatoms. The van der Waals surface area contributed by atoms with Crippen LogP contribution in [0.5, 0.6) is 0 Å². The van der Waals surface area contributed by atoms with E-state index in [-0.39, 0.29) is 5.02 Å². The van der Waals surface area contributed by atoms with Gasteiger partial charge in [-0.3, -0.25) is 0 Å². The van der Waals surface area contributed by atoms with E-state index < -0.39 is 17.8 Å². The fourth-order valence-electron chi connectivity index (χ4n) is 1.99. The van der Waals surface area contributed by atoms with Gasteiger partial charge in [-0.15, -0.1) is 0 Å². The number of halogens is 2. The summed E-state index contributed by atoms with van der Waals surface area (Å²) in [5, 5.41) is 3.04. The van der Waals surface area contributed by atoms with Gasteiger partial charge in [0.2, 0.25) is 0 Å². The quantitative estimate of drug-likeness (QED) is 0.864. The lowest BCUT2D eigenvalue weighted by atomic mass is 10.1. The van der Waals surface area contributed by atoms with Crippen LogP contribution in [0.15, 0.2) is 42.5 Å². The number of rotatable bonds is 4. The normalized spacial score (nSPS) is 11.8. The molecule has 0 aliphatic heterocycles. The molecule has 2 rings (SSSR count). The third-order valence-corrected chi connectivity index (χ3v) is 3.33. The van der Waals surface area contributed by atoms with Crippen LogP contribution in [0.3, 0.4) is 0 Å². The van der Waals surface area contributed by atoms with E-state index in [0.717, 1.165) is 11.3 Å². The fraction of sp³-hybridized carbons (Fsp3) is 0.188. The maximum absolute atomic E-state index is 13.3. The van der Waals surface area contributed by atoms with Gasteiger partial charge in [-0.1, -0.05) is 29.8 Å². The molecule has 0 saturated carbocycles. The number of methoxy groups -OCH3 is 1. The average Bonchev–Trinajstić information content (AvgIpc) is 2.47. The number of hydrogen-bond acceptors (Lipinski definition) is 3. The lowest BCUT2D eigenvalue weighted by Crippen LogP contribution is -2.22. The number of benzene rings is 2. The predicted octanol–water partition coefficient (Wildman–Crippen LogP) is 4.11. The van der Waals surface area contributed by atoms with Gasteiger partial charge < -0.3 is 10.1 Å². The van der Waals surface area contributed by atoms with Gasteiger partial charge >= 0.3 is 5.97 Å². The van der Waals surface area contributed by atoms with E-state index in [9.17, 15) is 9.18 Å². The summed E-state index contributed by atoms with van der Waals surface area (Å²) in [6.45, 7) is 1.95. The van der Waals surface area contributed by atoms with Crippen molar-refractivity contribution in [2.75, 3.05) is 12.4 Å². The van der Waals surface area contributed by atoms with Crippen molar-refractivity contribution in [1.29, 1.82) is 0 Å². The van der Waals surface area contributed by atoms with Gasteiger partial charge in [0.25, 0.3) is 0 Å². The summed E-state index contributed by atoms with van der Waals surface area (Å²) < 4.78 is 18.1.